The van der Waals surface area contributed by atoms with E-state index in [1.54, 1.807) is 18.2 Å². The van der Waals surface area contributed by atoms with E-state index in [1.165, 1.54) is 12.3 Å². The Balaban J connectivity index is 2.28. The number of carbonyl (C=O) groups excluding carboxylic acids is 1. The summed E-state index contributed by atoms with van der Waals surface area (Å²) >= 11 is 9.20. The fourth-order valence-electron chi connectivity index (χ4n) is 1.35. The fraction of sp³-hybridized carbons (Fsp3) is 0. The lowest BCUT2D eigenvalue weighted by molar-refractivity contribution is 0.102. The summed E-state index contributed by atoms with van der Waals surface area (Å²) in [5.74, 6) is -1.08. The lowest BCUT2D eigenvalue weighted by Gasteiger charge is -2.08. The van der Waals surface area contributed by atoms with Crippen LogP contribution in [0, 0.1) is 5.82 Å². The van der Waals surface area contributed by atoms with Crippen LogP contribution in [0.5, 0.6) is 0 Å². The number of hydrogen-bond donors (Lipinski definition) is 1. The van der Waals surface area contributed by atoms with Gasteiger partial charge in [-0.1, -0.05) is 17.7 Å². The maximum Gasteiger partial charge on any atom is 0.257 e. The molecule has 2 aromatic rings. The summed E-state index contributed by atoms with van der Waals surface area (Å²) < 4.78 is 13.9. The number of benzene rings is 1. The molecule has 0 aliphatic heterocycles. The van der Waals surface area contributed by atoms with Gasteiger partial charge in [0.1, 0.15) is 0 Å². The minimum atomic E-state index is -0.600. The van der Waals surface area contributed by atoms with E-state index >= 15 is 0 Å². The maximum absolute atomic E-state index is 13.3. The molecule has 1 aromatic heterocycles. The molecule has 18 heavy (non-hydrogen) atoms. The summed E-state index contributed by atoms with van der Waals surface area (Å²) in [4.78, 5) is 15.5. The Kier molecular flexibility index (Phi) is 3.93. The molecule has 1 aromatic carbocycles. The highest BCUT2D eigenvalue weighted by molar-refractivity contribution is 9.10. The van der Waals surface area contributed by atoms with E-state index < -0.39 is 11.7 Å². The van der Waals surface area contributed by atoms with E-state index in [-0.39, 0.29) is 16.3 Å². The number of aromatic nitrogens is 1. The molecule has 92 valence electrons. The average molecular weight is 330 g/mol. The molecule has 0 unspecified atom stereocenters. The number of pyridine rings is 1. The van der Waals surface area contributed by atoms with Crippen LogP contribution < -0.4 is 5.32 Å². The topological polar surface area (TPSA) is 42.0 Å². The number of nitrogens with zero attached hydrogens (tertiary/aromatic N) is 1. The number of rotatable bonds is 2. The number of nitrogens with one attached hydrogen (secondary N) is 1. The first-order valence-electron chi connectivity index (χ1n) is 4.94. The first-order valence-corrected chi connectivity index (χ1v) is 6.11. The van der Waals surface area contributed by atoms with Crippen molar-refractivity contribution in [3.8, 4) is 0 Å². The SMILES string of the molecule is O=C(Nc1ccncc1F)c1cccc(Br)c1Cl. The quantitative estimate of drug-likeness (QED) is 0.908. The van der Waals surface area contributed by atoms with E-state index in [2.05, 4.69) is 26.2 Å². The van der Waals surface area contributed by atoms with Gasteiger partial charge < -0.3 is 5.32 Å². The lowest BCUT2D eigenvalue weighted by Crippen LogP contribution is -2.13. The molecule has 0 radical (unpaired) electrons. The molecular formula is C12H7BrClFN2O. The molecule has 6 heteroatoms. The molecule has 0 saturated heterocycles. The van der Waals surface area contributed by atoms with Crippen LogP contribution >= 0.6 is 27.5 Å². The molecule has 2 rings (SSSR count). The van der Waals surface area contributed by atoms with Gasteiger partial charge in [0.05, 0.1) is 22.5 Å². The van der Waals surface area contributed by atoms with Gasteiger partial charge in [-0.3, -0.25) is 9.78 Å². The van der Waals surface area contributed by atoms with Gasteiger partial charge in [0.2, 0.25) is 0 Å². The Morgan fingerprint density at radius 1 is 1.39 bits per heavy atom. The summed E-state index contributed by atoms with van der Waals surface area (Å²) in [5, 5.41) is 2.72. The molecule has 0 fully saturated rings. The summed E-state index contributed by atoms with van der Waals surface area (Å²) in [6.45, 7) is 0. The Labute approximate surface area is 116 Å². The summed E-state index contributed by atoms with van der Waals surface area (Å²) in [5.41, 5.74) is 0.327. The van der Waals surface area contributed by atoms with Crippen molar-refractivity contribution in [3.05, 3.63) is 57.5 Å². The van der Waals surface area contributed by atoms with Crippen LogP contribution in [0.15, 0.2) is 41.1 Å². The number of carbonyl (C=O) groups is 1. The second kappa shape index (κ2) is 5.46. The predicted octanol–water partition coefficient (Wildman–Crippen LogP) is 3.89. The van der Waals surface area contributed by atoms with Crippen molar-refractivity contribution in [2.75, 3.05) is 5.32 Å². The predicted molar refractivity (Wildman–Crippen MR) is 71.3 cm³/mol. The summed E-state index contributed by atoms with van der Waals surface area (Å²) in [6.07, 6.45) is 2.42. The fourth-order valence-corrected chi connectivity index (χ4v) is 1.92. The highest BCUT2D eigenvalue weighted by Gasteiger charge is 2.13. The number of hydrogen-bond acceptors (Lipinski definition) is 2. The van der Waals surface area contributed by atoms with E-state index in [0.29, 0.717) is 4.47 Å². The minimum Gasteiger partial charge on any atom is -0.319 e. The number of anilines is 1. The van der Waals surface area contributed by atoms with Gasteiger partial charge in [-0.25, -0.2) is 4.39 Å². The van der Waals surface area contributed by atoms with Crippen molar-refractivity contribution in [1.29, 1.82) is 0 Å². The minimum absolute atomic E-state index is 0.0612. The van der Waals surface area contributed by atoms with Gasteiger partial charge in [0.15, 0.2) is 5.82 Å². The lowest BCUT2D eigenvalue weighted by atomic mass is 10.2. The van der Waals surface area contributed by atoms with Crippen molar-refractivity contribution in [2.24, 2.45) is 0 Å². The van der Waals surface area contributed by atoms with E-state index in [9.17, 15) is 9.18 Å². The molecular weight excluding hydrogens is 322 g/mol. The highest BCUT2D eigenvalue weighted by atomic mass is 79.9. The molecule has 1 amide bonds. The van der Waals surface area contributed by atoms with Crippen LogP contribution in [0.25, 0.3) is 0 Å². The third-order valence-corrected chi connectivity index (χ3v) is 3.51. The average Bonchev–Trinajstić information content (AvgIpc) is 2.35. The Morgan fingerprint density at radius 3 is 2.89 bits per heavy atom. The number of amides is 1. The summed E-state index contributed by atoms with van der Waals surface area (Å²) in [6, 6.07) is 6.32. The van der Waals surface area contributed by atoms with Crippen LogP contribution in [-0.4, -0.2) is 10.9 Å². The monoisotopic (exact) mass is 328 g/mol. The smallest absolute Gasteiger partial charge is 0.257 e. The van der Waals surface area contributed by atoms with Gasteiger partial charge >= 0.3 is 0 Å². The number of halogens is 3. The van der Waals surface area contributed by atoms with E-state index in [1.807, 2.05) is 0 Å². The van der Waals surface area contributed by atoms with Crippen molar-refractivity contribution >= 4 is 39.1 Å². The van der Waals surface area contributed by atoms with Gasteiger partial charge in [-0.2, -0.15) is 0 Å². The Morgan fingerprint density at radius 2 is 2.17 bits per heavy atom. The highest BCUT2D eigenvalue weighted by Crippen LogP contribution is 2.26. The van der Waals surface area contributed by atoms with Crippen LogP contribution in [0.4, 0.5) is 10.1 Å². The van der Waals surface area contributed by atoms with Crippen LogP contribution in [0.1, 0.15) is 10.4 Å². The zero-order valence-corrected chi connectivity index (χ0v) is 11.3. The van der Waals surface area contributed by atoms with Crippen LogP contribution in [0.3, 0.4) is 0 Å². The molecule has 0 spiro atoms. The third-order valence-electron chi connectivity index (χ3n) is 2.22. The van der Waals surface area contributed by atoms with Crippen molar-refractivity contribution in [1.82, 2.24) is 4.98 Å². The second-order valence-corrected chi connectivity index (χ2v) is 4.64. The second-order valence-electron chi connectivity index (χ2n) is 3.41. The Bertz CT molecular complexity index is 606. The van der Waals surface area contributed by atoms with E-state index in [4.69, 9.17) is 11.6 Å². The molecule has 1 heterocycles. The van der Waals surface area contributed by atoms with Crippen LogP contribution in [0.2, 0.25) is 5.02 Å². The third kappa shape index (κ3) is 2.68. The molecule has 0 aliphatic rings. The van der Waals surface area contributed by atoms with Crippen molar-refractivity contribution in [3.63, 3.8) is 0 Å². The molecule has 0 aliphatic carbocycles. The van der Waals surface area contributed by atoms with Crippen LogP contribution in [-0.2, 0) is 0 Å². The zero-order chi connectivity index (χ0) is 13.1. The van der Waals surface area contributed by atoms with Crippen molar-refractivity contribution < 1.29 is 9.18 Å². The molecule has 0 atom stereocenters. The standard InChI is InChI=1S/C12H7BrClFN2O/c13-8-3-1-2-7(11(8)14)12(18)17-10-4-5-16-6-9(10)15/h1-6H,(H,16,17,18). The first kappa shape index (κ1) is 13.0. The molecule has 3 nitrogen and oxygen atoms in total. The van der Waals surface area contributed by atoms with Crippen molar-refractivity contribution in [2.45, 2.75) is 0 Å². The van der Waals surface area contributed by atoms with E-state index in [0.717, 1.165) is 6.20 Å². The van der Waals surface area contributed by atoms with Gasteiger partial charge in [0, 0.05) is 10.7 Å². The molecule has 1 N–H and O–H groups in total. The Hall–Kier alpha value is -1.46. The van der Waals surface area contributed by atoms with Gasteiger partial charge in [0.25, 0.3) is 5.91 Å². The first-order chi connectivity index (χ1) is 8.59. The zero-order valence-electron chi connectivity index (χ0n) is 8.95. The molecule has 0 saturated carbocycles. The summed E-state index contributed by atoms with van der Waals surface area (Å²) in [7, 11) is 0. The largest absolute Gasteiger partial charge is 0.319 e. The van der Waals surface area contributed by atoms with Gasteiger partial charge in [-0.15, -0.1) is 0 Å². The molecule has 0 bridgehead atoms. The van der Waals surface area contributed by atoms with Gasteiger partial charge in [-0.05, 0) is 34.1 Å². The normalized spacial score (nSPS) is 10.2. The maximum atomic E-state index is 13.3.